The van der Waals surface area contributed by atoms with Crippen LogP contribution in [0.4, 0.5) is 14.5 Å². The highest BCUT2D eigenvalue weighted by Gasteiger charge is 2.18. The molecular formula is C17H12F2N2O4. The van der Waals surface area contributed by atoms with Crippen LogP contribution in [0.15, 0.2) is 48.7 Å². The molecule has 1 heterocycles. The minimum Gasteiger partial charge on any atom is -0.488 e. The maximum Gasteiger partial charge on any atom is 0.279 e. The first kappa shape index (κ1) is 16.7. The predicted octanol–water partition coefficient (Wildman–Crippen LogP) is 3.53. The van der Waals surface area contributed by atoms with Gasteiger partial charge in [0.25, 0.3) is 5.69 Å². The maximum atomic E-state index is 13.7. The molecule has 0 saturated carbocycles. The van der Waals surface area contributed by atoms with Crippen molar-refractivity contribution in [2.45, 2.75) is 6.10 Å². The first-order chi connectivity index (χ1) is 12.0. The fraction of sp³-hybridized carbons (Fsp3) is 0.118. The lowest BCUT2D eigenvalue weighted by molar-refractivity contribution is -0.383. The third-order valence-corrected chi connectivity index (χ3v) is 3.62. The standard InChI is InChI=1S/C17H12F2N2O4/c18-10-3-4-11(13(19)8-10)15(22)9-25-16-6-5-14(21(23)24)12-2-1-7-20-17(12)16/h1-8,15,22H,9H2. The number of aliphatic hydroxyl groups excluding tert-OH is 1. The summed E-state index contributed by atoms with van der Waals surface area (Å²) in [7, 11) is 0. The van der Waals surface area contributed by atoms with Crippen molar-refractivity contribution in [2.75, 3.05) is 6.61 Å². The normalized spacial score (nSPS) is 12.1. The lowest BCUT2D eigenvalue weighted by Gasteiger charge is -2.14. The van der Waals surface area contributed by atoms with Crippen LogP contribution in [0.5, 0.6) is 5.75 Å². The lowest BCUT2D eigenvalue weighted by Crippen LogP contribution is -2.12. The number of halogens is 2. The number of rotatable bonds is 5. The summed E-state index contributed by atoms with van der Waals surface area (Å²) in [5.74, 6) is -1.43. The first-order valence-electron chi connectivity index (χ1n) is 7.25. The highest BCUT2D eigenvalue weighted by Crippen LogP contribution is 2.32. The van der Waals surface area contributed by atoms with E-state index in [1.165, 1.54) is 24.4 Å². The highest BCUT2D eigenvalue weighted by atomic mass is 19.1. The van der Waals surface area contributed by atoms with E-state index >= 15 is 0 Å². The molecule has 0 aliphatic heterocycles. The largest absolute Gasteiger partial charge is 0.488 e. The molecule has 1 atom stereocenters. The number of ether oxygens (including phenoxy) is 1. The van der Waals surface area contributed by atoms with Gasteiger partial charge in [0.2, 0.25) is 0 Å². The molecule has 128 valence electrons. The SMILES string of the molecule is O=[N+]([O-])c1ccc(OCC(O)c2ccc(F)cc2F)c2ncccc12. The van der Waals surface area contributed by atoms with Gasteiger partial charge in [0.15, 0.2) is 0 Å². The van der Waals surface area contributed by atoms with E-state index in [0.29, 0.717) is 6.07 Å². The Hall–Kier alpha value is -3.13. The molecule has 3 rings (SSSR count). The van der Waals surface area contributed by atoms with Crippen molar-refractivity contribution in [3.63, 3.8) is 0 Å². The summed E-state index contributed by atoms with van der Waals surface area (Å²) in [5.41, 5.74) is 0.0182. The van der Waals surface area contributed by atoms with Gasteiger partial charge in [0, 0.05) is 23.9 Å². The van der Waals surface area contributed by atoms with Gasteiger partial charge < -0.3 is 9.84 Å². The molecule has 25 heavy (non-hydrogen) atoms. The van der Waals surface area contributed by atoms with E-state index in [1.807, 2.05) is 0 Å². The molecule has 0 radical (unpaired) electrons. The number of benzene rings is 2. The smallest absolute Gasteiger partial charge is 0.279 e. The van der Waals surface area contributed by atoms with E-state index in [2.05, 4.69) is 4.98 Å². The van der Waals surface area contributed by atoms with E-state index in [-0.39, 0.29) is 34.5 Å². The van der Waals surface area contributed by atoms with Crippen LogP contribution >= 0.6 is 0 Å². The van der Waals surface area contributed by atoms with Gasteiger partial charge >= 0.3 is 0 Å². The number of non-ortho nitro benzene ring substituents is 1. The Morgan fingerprint density at radius 1 is 1.24 bits per heavy atom. The zero-order valence-electron chi connectivity index (χ0n) is 12.7. The zero-order chi connectivity index (χ0) is 18.0. The molecule has 6 nitrogen and oxygen atoms in total. The molecule has 1 aromatic heterocycles. The molecular weight excluding hydrogens is 334 g/mol. The number of nitro benzene ring substituents is 1. The first-order valence-corrected chi connectivity index (χ1v) is 7.25. The van der Waals surface area contributed by atoms with Crippen LogP contribution in [0.25, 0.3) is 10.9 Å². The zero-order valence-corrected chi connectivity index (χ0v) is 12.7. The molecule has 2 aromatic carbocycles. The Kier molecular flexibility index (Phi) is 4.53. The summed E-state index contributed by atoms with van der Waals surface area (Å²) >= 11 is 0. The van der Waals surface area contributed by atoms with Gasteiger partial charge in [-0.25, -0.2) is 8.78 Å². The van der Waals surface area contributed by atoms with Gasteiger partial charge in [0.1, 0.15) is 35.6 Å². The second kappa shape index (κ2) is 6.78. The monoisotopic (exact) mass is 346 g/mol. The van der Waals surface area contributed by atoms with E-state index in [4.69, 9.17) is 4.74 Å². The molecule has 1 unspecified atom stereocenters. The molecule has 0 fully saturated rings. The summed E-state index contributed by atoms with van der Waals surface area (Å²) in [4.78, 5) is 14.6. The van der Waals surface area contributed by atoms with E-state index < -0.39 is 22.7 Å². The summed E-state index contributed by atoms with van der Waals surface area (Å²) in [6.45, 7) is -0.327. The summed E-state index contributed by atoms with van der Waals surface area (Å²) < 4.78 is 32.1. The van der Waals surface area contributed by atoms with Crippen LogP contribution in [0, 0.1) is 21.7 Å². The molecule has 0 aliphatic rings. The maximum absolute atomic E-state index is 13.7. The van der Waals surface area contributed by atoms with Gasteiger partial charge in [0.05, 0.1) is 10.3 Å². The van der Waals surface area contributed by atoms with Crippen molar-refractivity contribution in [1.82, 2.24) is 4.98 Å². The highest BCUT2D eigenvalue weighted by molar-refractivity contribution is 5.92. The van der Waals surface area contributed by atoms with E-state index in [1.54, 1.807) is 6.07 Å². The molecule has 0 bridgehead atoms. The van der Waals surface area contributed by atoms with Gasteiger partial charge in [-0.3, -0.25) is 15.1 Å². The molecule has 1 N–H and O–H groups in total. The van der Waals surface area contributed by atoms with Gasteiger partial charge in [-0.15, -0.1) is 0 Å². The van der Waals surface area contributed by atoms with Crippen LogP contribution in [0.3, 0.4) is 0 Å². The van der Waals surface area contributed by atoms with Crippen molar-refractivity contribution < 1.29 is 23.5 Å². The second-order valence-electron chi connectivity index (χ2n) is 5.23. The Bertz CT molecular complexity index is 949. The number of nitrogens with zero attached hydrogens (tertiary/aromatic N) is 2. The summed E-state index contributed by atoms with van der Waals surface area (Å²) in [6.07, 6.45) is 0.115. The number of fused-ring (bicyclic) bond motifs is 1. The number of hydrogen-bond donors (Lipinski definition) is 1. The van der Waals surface area contributed by atoms with Gasteiger partial charge in [-0.2, -0.15) is 0 Å². The number of aliphatic hydroxyl groups is 1. The summed E-state index contributed by atoms with van der Waals surface area (Å²) in [5, 5.41) is 21.4. The van der Waals surface area contributed by atoms with Crippen LogP contribution < -0.4 is 4.74 Å². The van der Waals surface area contributed by atoms with Crippen molar-refractivity contribution in [3.8, 4) is 5.75 Å². The molecule has 0 spiro atoms. The Labute approximate surface area is 140 Å². The Morgan fingerprint density at radius 3 is 2.76 bits per heavy atom. The van der Waals surface area contributed by atoms with Crippen molar-refractivity contribution in [1.29, 1.82) is 0 Å². The third-order valence-electron chi connectivity index (χ3n) is 3.62. The van der Waals surface area contributed by atoms with Gasteiger partial charge in [-0.05, 0) is 24.3 Å². The fourth-order valence-electron chi connectivity index (χ4n) is 2.44. The second-order valence-corrected chi connectivity index (χ2v) is 5.23. The predicted molar refractivity (Wildman–Crippen MR) is 85.2 cm³/mol. The quantitative estimate of drug-likeness (QED) is 0.564. The molecule has 0 amide bonds. The topological polar surface area (TPSA) is 85.5 Å². The molecule has 8 heteroatoms. The third kappa shape index (κ3) is 3.38. The average Bonchev–Trinajstić information content (AvgIpc) is 2.59. The lowest BCUT2D eigenvalue weighted by atomic mass is 10.1. The van der Waals surface area contributed by atoms with E-state index in [0.717, 1.165) is 12.1 Å². The van der Waals surface area contributed by atoms with E-state index in [9.17, 15) is 24.0 Å². The minimum atomic E-state index is -1.34. The van der Waals surface area contributed by atoms with Crippen LogP contribution in [-0.2, 0) is 0 Å². The van der Waals surface area contributed by atoms with Crippen LogP contribution in [0.1, 0.15) is 11.7 Å². The van der Waals surface area contributed by atoms with Crippen molar-refractivity contribution in [2.24, 2.45) is 0 Å². The Balaban J connectivity index is 1.86. The number of nitro groups is 1. The molecule has 0 saturated heterocycles. The summed E-state index contributed by atoms with van der Waals surface area (Å²) in [6, 6.07) is 8.55. The average molecular weight is 346 g/mol. The van der Waals surface area contributed by atoms with Crippen molar-refractivity contribution in [3.05, 3.63) is 76.0 Å². The van der Waals surface area contributed by atoms with Gasteiger partial charge in [-0.1, -0.05) is 6.07 Å². The van der Waals surface area contributed by atoms with Crippen molar-refractivity contribution >= 4 is 16.6 Å². The number of pyridine rings is 1. The fourth-order valence-corrected chi connectivity index (χ4v) is 2.44. The number of hydrogen-bond acceptors (Lipinski definition) is 5. The molecule has 3 aromatic rings. The minimum absolute atomic E-state index is 0.111. The van der Waals surface area contributed by atoms with Crippen LogP contribution in [0.2, 0.25) is 0 Å². The number of aromatic nitrogens is 1. The Morgan fingerprint density at radius 2 is 2.04 bits per heavy atom. The molecule has 0 aliphatic carbocycles. The van der Waals surface area contributed by atoms with Crippen LogP contribution in [-0.4, -0.2) is 21.6 Å².